The molecule has 3 N–H and O–H groups in total. The minimum Gasteiger partial charge on any atom is -0.376 e. The molecule has 1 fully saturated rings. The maximum Gasteiger partial charge on any atom is 0.0888 e. The number of ether oxygens (including phenoxy) is 1. The maximum absolute atomic E-state index is 5.99. The van der Waals surface area contributed by atoms with Crippen molar-refractivity contribution < 1.29 is 4.74 Å². The molecule has 1 saturated carbocycles. The zero-order valence-corrected chi connectivity index (χ0v) is 13.0. The van der Waals surface area contributed by atoms with E-state index in [1.165, 1.54) is 24.0 Å². The summed E-state index contributed by atoms with van der Waals surface area (Å²) in [5, 5.41) is 0. The largest absolute Gasteiger partial charge is 0.376 e. The van der Waals surface area contributed by atoms with Gasteiger partial charge in [-0.25, -0.2) is 0 Å². The number of nitrogens with two attached hydrogens (primary N) is 1. The van der Waals surface area contributed by atoms with Crippen LogP contribution in [0.25, 0.3) is 0 Å². The fraction of sp³-hybridized carbons (Fsp3) is 0.647. The maximum atomic E-state index is 5.99. The minimum absolute atomic E-state index is 0.0572. The summed E-state index contributed by atoms with van der Waals surface area (Å²) in [6.07, 6.45) is 5.67. The van der Waals surface area contributed by atoms with Crippen molar-refractivity contribution in [2.75, 3.05) is 7.11 Å². The van der Waals surface area contributed by atoms with Crippen LogP contribution in [-0.4, -0.2) is 12.7 Å². The van der Waals surface area contributed by atoms with Gasteiger partial charge in [0.2, 0.25) is 0 Å². The molecule has 3 atom stereocenters. The first-order valence-corrected chi connectivity index (χ1v) is 7.75. The second-order valence-electron chi connectivity index (χ2n) is 6.17. The predicted octanol–water partition coefficient (Wildman–Crippen LogP) is 3.35. The molecule has 0 bridgehead atoms. The fourth-order valence-electron chi connectivity index (χ4n) is 3.65. The Morgan fingerprint density at radius 2 is 2.30 bits per heavy atom. The lowest BCUT2D eigenvalue weighted by molar-refractivity contribution is -0.0806. The van der Waals surface area contributed by atoms with Crippen LogP contribution in [-0.2, 0) is 11.2 Å². The summed E-state index contributed by atoms with van der Waals surface area (Å²) in [7, 11) is 1.83. The quantitative estimate of drug-likeness (QED) is 0.640. The van der Waals surface area contributed by atoms with Gasteiger partial charge in [0.15, 0.2) is 0 Å². The number of hydrazine groups is 1. The van der Waals surface area contributed by atoms with E-state index >= 15 is 0 Å². The number of hydrogen-bond donors (Lipinski definition) is 2. The van der Waals surface area contributed by atoms with Gasteiger partial charge in [0.1, 0.15) is 0 Å². The van der Waals surface area contributed by atoms with Gasteiger partial charge in [-0.05, 0) is 36.3 Å². The van der Waals surface area contributed by atoms with Crippen LogP contribution < -0.4 is 11.3 Å². The van der Waals surface area contributed by atoms with Crippen LogP contribution >= 0.6 is 0 Å². The van der Waals surface area contributed by atoms with Crippen LogP contribution in [0.2, 0.25) is 0 Å². The summed E-state index contributed by atoms with van der Waals surface area (Å²) >= 11 is 0. The average molecular weight is 276 g/mol. The molecule has 0 heterocycles. The third kappa shape index (κ3) is 3.05. The van der Waals surface area contributed by atoms with E-state index in [9.17, 15) is 0 Å². The summed E-state index contributed by atoms with van der Waals surface area (Å²) < 4.78 is 5.99. The summed E-state index contributed by atoms with van der Waals surface area (Å²) in [5.41, 5.74) is 5.43. The highest BCUT2D eigenvalue weighted by atomic mass is 16.5. The molecular weight excluding hydrogens is 248 g/mol. The number of methoxy groups -OCH3 is 1. The van der Waals surface area contributed by atoms with Crippen LogP contribution in [0.1, 0.15) is 56.7 Å². The Bertz CT molecular complexity index is 435. The van der Waals surface area contributed by atoms with Gasteiger partial charge in [0.25, 0.3) is 0 Å². The molecule has 3 unspecified atom stereocenters. The minimum atomic E-state index is -0.182. The van der Waals surface area contributed by atoms with Gasteiger partial charge in [-0.3, -0.25) is 11.3 Å². The number of aryl methyl sites for hydroxylation is 1. The molecule has 0 radical (unpaired) electrons. The van der Waals surface area contributed by atoms with Gasteiger partial charge in [-0.1, -0.05) is 51.0 Å². The van der Waals surface area contributed by atoms with Crippen molar-refractivity contribution >= 4 is 0 Å². The topological polar surface area (TPSA) is 47.3 Å². The SMILES string of the molecule is CCc1cccc(C(NN)C2(OC)CCCC(C)C2)c1. The molecule has 0 saturated heterocycles. The lowest BCUT2D eigenvalue weighted by atomic mass is 9.73. The average Bonchev–Trinajstić information content (AvgIpc) is 2.48. The zero-order valence-electron chi connectivity index (χ0n) is 13.0. The lowest BCUT2D eigenvalue weighted by Crippen LogP contribution is -2.50. The van der Waals surface area contributed by atoms with Gasteiger partial charge in [-0.15, -0.1) is 0 Å². The Morgan fingerprint density at radius 3 is 2.90 bits per heavy atom. The number of benzene rings is 1. The van der Waals surface area contributed by atoms with Crippen molar-refractivity contribution in [2.45, 2.75) is 57.6 Å². The highest BCUT2D eigenvalue weighted by molar-refractivity contribution is 5.28. The number of rotatable bonds is 5. The van der Waals surface area contributed by atoms with Crippen molar-refractivity contribution in [2.24, 2.45) is 11.8 Å². The second-order valence-corrected chi connectivity index (χ2v) is 6.17. The molecule has 3 heteroatoms. The lowest BCUT2D eigenvalue weighted by Gasteiger charge is -2.44. The summed E-state index contributed by atoms with van der Waals surface area (Å²) in [6, 6.07) is 8.75. The Balaban J connectivity index is 2.33. The molecule has 3 nitrogen and oxygen atoms in total. The smallest absolute Gasteiger partial charge is 0.0888 e. The van der Waals surface area contributed by atoms with Crippen molar-refractivity contribution in [3.63, 3.8) is 0 Å². The first-order valence-electron chi connectivity index (χ1n) is 7.75. The van der Waals surface area contributed by atoms with Gasteiger partial charge in [0.05, 0.1) is 11.6 Å². The third-order valence-electron chi connectivity index (χ3n) is 4.78. The van der Waals surface area contributed by atoms with Crippen molar-refractivity contribution in [3.05, 3.63) is 35.4 Å². The molecule has 1 aliphatic rings. The molecule has 1 aromatic rings. The fourth-order valence-corrected chi connectivity index (χ4v) is 3.65. The van der Waals surface area contributed by atoms with E-state index in [0.29, 0.717) is 5.92 Å². The van der Waals surface area contributed by atoms with Crippen molar-refractivity contribution in [1.82, 2.24) is 5.43 Å². The first-order chi connectivity index (χ1) is 9.65. The predicted molar refractivity (Wildman–Crippen MR) is 83.3 cm³/mol. The van der Waals surface area contributed by atoms with Crippen molar-refractivity contribution in [3.8, 4) is 0 Å². The molecule has 1 aliphatic carbocycles. The molecule has 0 spiro atoms. The van der Waals surface area contributed by atoms with Crippen molar-refractivity contribution in [1.29, 1.82) is 0 Å². The Labute approximate surface area is 122 Å². The highest BCUT2D eigenvalue weighted by Crippen LogP contribution is 2.43. The van der Waals surface area contributed by atoms with Gasteiger partial charge < -0.3 is 4.74 Å². The van der Waals surface area contributed by atoms with Gasteiger partial charge in [-0.2, -0.15) is 0 Å². The zero-order chi connectivity index (χ0) is 14.6. The standard InChI is InChI=1S/C17H28N2O/c1-4-14-8-5-9-15(11-14)16(19-18)17(20-3)10-6-7-13(2)12-17/h5,8-9,11,13,16,19H,4,6-7,10,12,18H2,1-3H3. The van der Waals surface area contributed by atoms with E-state index in [1.54, 1.807) is 0 Å². The highest BCUT2D eigenvalue weighted by Gasteiger charge is 2.42. The number of hydrogen-bond acceptors (Lipinski definition) is 3. The second kappa shape index (κ2) is 6.70. The molecule has 0 amide bonds. The molecule has 20 heavy (non-hydrogen) atoms. The Morgan fingerprint density at radius 1 is 1.50 bits per heavy atom. The van der Waals surface area contributed by atoms with E-state index < -0.39 is 0 Å². The molecule has 1 aromatic carbocycles. The summed E-state index contributed by atoms with van der Waals surface area (Å²) in [4.78, 5) is 0. The van der Waals surface area contributed by atoms with E-state index in [1.807, 2.05) is 7.11 Å². The van der Waals surface area contributed by atoms with Crippen LogP contribution in [0.3, 0.4) is 0 Å². The van der Waals surface area contributed by atoms with Crippen LogP contribution in [0.5, 0.6) is 0 Å². The Kier molecular flexibility index (Phi) is 5.19. The monoisotopic (exact) mass is 276 g/mol. The summed E-state index contributed by atoms with van der Waals surface area (Å²) in [6.45, 7) is 4.49. The van der Waals surface area contributed by atoms with E-state index in [-0.39, 0.29) is 11.6 Å². The van der Waals surface area contributed by atoms with Crippen LogP contribution in [0.4, 0.5) is 0 Å². The van der Waals surface area contributed by atoms with E-state index in [0.717, 1.165) is 19.3 Å². The first kappa shape index (κ1) is 15.5. The third-order valence-corrected chi connectivity index (χ3v) is 4.78. The Hall–Kier alpha value is -0.900. The van der Waals surface area contributed by atoms with Gasteiger partial charge in [0, 0.05) is 7.11 Å². The molecular formula is C17H28N2O. The molecule has 2 rings (SSSR count). The number of nitrogens with one attached hydrogen (secondary N) is 1. The van der Waals surface area contributed by atoms with E-state index in [2.05, 4.69) is 43.5 Å². The summed E-state index contributed by atoms with van der Waals surface area (Å²) in [5.74, 6) is 6.59. The molecule has 0 aliphatic heterocycles. The van der Waals surface area contributed by atoms with Crippen LogP contribution in [0, 0.1) is 5.92 Å². The normalized spacial score (nSPS) is 28.3. The molecule has 0 aromatic heterocycles. The van der Waals surface area contributed by atoms with Crippen LogP contribution in [0.15, 0.2) is 24.3 Å². The van der Waals surface area contributed by atoms with Gasteiger partial charge >= 0.3 is 0 Å². The molecule has 112 valence electrons. The van der Waals surface area contributed by atoms with E-state index in [4.69, 9.17) is 10.6 Å².